The summed E-state index contributed by atoms with van der Waals surface area (Å²) >= 11 is 1.25. The molecule has 0 fully saturated rings. The summed E-state index contributed by atoms with van der Waals surface area (Å²) in [5, 5.41) is 7.57. The predicted molar refractivity (Wildman–Crippen MR) is 131 cm³/mol. The molecule has 8 heteroatoms. The maximum atomic E-state index is 13.6. The molecule has 0 spiro atoms. The summed E-state index contributed by atoms with van der Waals surface area (Å²) in [4.78, 5) is 39.7. The third-order valence-corrected chi connectivity index (χ3v) is 6.56. The second-order valence-corrected chi connectivity index (χ2v) is 8.79. The fourth-order valence-electron chi connectivity index (χ4n) is 3.70. The van der Waals surface area contributed by atoms with Crippen molar-refractivity contribution in [1.29, 1.82) is 0 Å². The van der Waals surface area contributed by atoms with Crippen molar-refractivity contribution in [1.82, 2.24) is 9.78 Å². The number of hydrogen-bond donors (Lipinski definition) is 2. The number of rotatable bonds is 5. The molecule has 166 valence electrons. The SMILES string of the molecule is Cc1sc(NC(=O)c2c(-c3ccccc3)c(-c3ccccc3)nn(C)c2=O)c(C(N)=O)c1C. The van der Waals surface area contributed by atoms with Gasteiger partial charge in [0.2, 0.25) is 0 Å². The maximum absolute atomic E-state index is 13.6. The number of carbonyl (C=O) groups excluding carboxylic acids is 2. The Balaban J connectivity index is 1.96. The number of aryl methyl sites for hydroxylation is 2. The normalized spacial score (nSPS) is 10.8. The predicted octanol–water partition coefficient (Wildman–Crippen LogP) is 4.14. The number of primary amides is 1. The zero-order valence-corrected chi connectivity index (χ0v) is 19.2. The van der Waals surface area contributed by atoms with Crippen molar-refractivity contribution in [2.24, 2.45) is 12.8 Å². The number of aromatic nitrogens is 2. The molecule has 0 radical (unpaired) electrons. The number of amides is 2. The van der Waals surface area contributed by atoms with E-state index in [9.17, 15) is 14.4 Å². The van der Waals surface area contributed by atoms with E-state index >= 15 is 0 Å². The molecule has 7 nitrogen and oxygen atoms in total. The van der Waals surface area contributed by atoms with Crippen LogP contribution in [-0.2, 0) is 7.05 Å². The van der Waals surface area contributed by atoms with Crippen LogP contribution in [0.1, 0.15) is 31.2 Å². The number of benzene rings is 2. The third kappa shape index (κ3) is 4.08. The summed E-state index contributed by atoms with van der Waals surface area (Å²) in [6.07, 6.45) is 0. The third-order valence-electron chi connectivity index (χ3n) is 5.44. The van der Waals surface area contributed by atoms with E-state index in [1.807, 2.05) is 67.6 Å². The van der Waals surface area contributed by atoms with Crippen LogP contribution in [0.3, 0.4) is 0 Å². The van der Waals surface area contributed by atoms with Gasteiger partial charge in [0, 0.05) is 23.1 Å². The molecule has 2 amide bonds. The van der Waals surface area contributed by atoms with E-state index in [2.05, 4.69) is 10.4 Å². The number of hydrogen-bond acceptors (Lipinski definition) is 5. The van der Waals surface area contributed by atoms with E-state index in [1.165, 1.54) is 18.4 Å². The zero-order valence-electron chi connectivity index (χ0n) is 18.4. The van der Waals surface area contributed by atoms with Crippen LogP contribution in [0.15, 0.2) is 65.5 Å². The molecular weight excluding hydrogens is 436 g/mol. The first-order valence-electron chi connectivity index (χ1n) is 10.2. The quantitative estimate of drug-likeness (QED) is 0.469. The first-order chi connectivity index (χ1) is 15.8. The molecule has 4 rings (SSSR count). The van der Waals surface area contributed by atoms with Gasteiger partial charge in [0.05, 0.1) is 11.3 Å². The van der Waals surface area contributed by atoms with E-state index in [1.54, 1.807) is 6.92 Å². The Morgan fingerprint density at radius 2 is 1.52 bits per heavy atom. The van der Waals surface area contributed by atoms with Crippen molar-refractivity contribution in [3.63, 3.8) is 0 Å². The summed E-state index contributed by atoms with van der Waals surface area (Å²) in [5.41, 5.74) is 8.29. The number of nitrogens with two attached hydrogens (primary N) is 1. The number of anilines is 1. The molecule has 2 aromatic carbocycles. The molecule has 0 saturated carbocycles. The summed E-state index contributed by atoms with van der Waals surface area (Å²) in [7, 11) is 1.51. The summed E-state index contributed by atoms with van der Waals surface area (Å²) in [6.45, 7) is 3.62. The highest BCUT2D eigenvalue weighted by Gasteiger charge is 2.26. The largest absolute Gasteiger partial charge is 0.365 e. The average Bonchev–Trinajstić information content (AvgIpc) is 3.09. The van der Waals surface area contributed by atoms with Gasteiger partial charge in [-0.05, 0) is 25.0 Å². The van der Waals surface area contributed by atoms with Crippen molar-refractivity contribution in [3.05, 3.63) is 92.6 Å². The van der Waals surface area contributed by atoms with Crippen LogP contribution in [0.4, 0.5) is 5.00 Å². The number of nitrogens with one attached hydrogen (secondary N) is 1. The Hall–Kier alpha value is -4.04. The topological polar surface area (TPSA) is 107 Å². The molecular formula is C25H22N4O3S. The van der Waals surface area contributed by atoms with E-state index < -0.39 is 17.4 Å². The lowest BCUT2D eigenvalue weighted by molar-refractivity contribution is 0.100. The van der Waals surface area contributed by atoms with E-state index in [-0.39, 0.29) is 11.1 Å². The second-order valence-electron chi connectivity index (χ2n) is 7.57. The first-order valence-corrected chi connectivity index (χ1v) is 11.0. The highest BCUT2D eigenvalue weighted by atomic mass is 32.1. The molecule has 4 aromatic rings. The van der Waals surface area contributed by atoms with Gasteiger partial charge in [-0.1, -0.05) is 60.7 Å². The summed E-state index contributed by atoms with van der Waals surface area (Å²) < 4.78 is 1.16. The van der Waals surface area contributed by atoms with Crippen molar-refractivity contribution < 1.29 is 9.59 Å². The molecule has 3 N–H and O–H groups in total. The smallest absolute Gasteiger partial charge is 0.280 e. The number of carbonyl (C=O) groups is 2. The number of nitrogens with zero attached hydrogens (tertiary/aromatic N) is 2. The van der Waals surface area contributed by atoms with Crippen molar-refractivity contribution >= 4 is 28.2 Å². The Morgan fingerprint density at radius 1 is 0.939 bits per heavy atom. The van der Waals surface area contributed by atoms with Gasteiger partial charge in [0.1, 0.15) is 10.6 Å². The first kappa shape index (κ1) is 22.2. The molecule has 0 unspecified atom stereocenters. The van der Waals surface area contributed by atoms with Crippen LogP contribution >= 0.6 is 11.3 Å². The van der Waals surface area contributed by atoms with Crippen LogP contribution in [0.5, 0.6) is 0 Å². The Bertz CT molecular complexity index is 1420. The van der Waals surface area contributed by atoms with Crippen LogP contribution < -0.4 is 16.6 Å². The van der Waals surface area contributed by atoms with Gasteiger partial charge in [-0.25, -0.2) is 4.68 Å². The minimum Gasteiger partial charge on any atom is -0.365 e. The Morgan fingerprint density at radius 3 is 2.09 bits per heavy atom. The molecule has 0 saturated heterocycles. The Kier molecular flexibility index (Phi) is 5.93. The van der Waals surface area contributed by atoms with Gasteiger partial charge in [-0.15, -0.1) is 11.3 Å². The van der Waals surface area contributed by atoms with Gasteiger partial charge in [-0.3, -0.25) is 14.4 Å². The monoisotopic (exact) mass is 458 g/mol. The molecule has 0 aliphatic rings. The van der Waals surface area contributed by atoms with E-state index in [0.29, 0.717) is 27.4 Å². The van der Waals surface area contributed by atoms with Gasteiger partial charge < -0.3 is 11.1 Å². The maximum Gasteiger partial charge on any atom is 0.280 e. The van der Waals surface area contributed by atoms with Crippen LogP contribution in [0, 0.1) is 13.8 Å². The van der Waals surface area contributed by atoms with Crippen molar-refractivity contribution in [2.75, 3.05) is 5.32 Å². The van der Waals surface area contributed by atoms with Gasteiger partial charge >= 0.3 is 0 Å². The molecule has 2 heterocycles. The minimum atomic E-state index is -0.636. The molecule has 0 aliphatic heterocycles. The van der Waals surface area contributed by atoms with E-state index in [0.717, 1.165) is 15.1 Å². The summed E-state index contributed by atoms with van der Waals surface area (Å²) in [5.74, 6) is -1.26. The Labute approximate surface area is 194 Å². The molecule has 0 aliphatic carbocycles. The lowest BCUT2D eigenvalue weighted by Crippen LogP contribution is -2.31. The van der Waals surface area contributed by atoms with Gasteiger partial charge in [-0.2, -0.15) is 5.10 Å². The standard InChI is InChI=1S/C25H22N4O3S/c1-14-15(2)33-24(18(14)22(26)30)27-23(31)20-19(16-10-6-4-7-11-16)21(28-29(3)25(20)32)17-12-8-5-9-13-17/h4-13H,1-3H3,(H2,26,30)(H,27,31). The fraction of sp³-hybridized carbons (Fsp3) is 0.120. The van der Waals surface area contributed by atoms with E-state index in [4.69, 9.17) is 5.73 Å². The number of thiophene rings is 1. The summed E-state index contributed by atoms with van der Waals surface area (Å²) in [6, 6.07) is 18.5. The highest BCUT2D eigenvalue weighted by molar-refractivity contribution is 7.16. The van der Waals surface area contributed by atoms with Crippen molar-refractivity contribution in [3.8, 4) is 22.4 Å². The molecule has 0 atom stereocenters. The van der Waals surface area contributed by atoms with Crippen LogP contribution in [-0.4, -0.2) is 21.6 Å². The lowest BCUT2D eigenvalue weighted by atomic mass is 9.95. The fourth-order valence-corrected chi connectivity index (χ4v) is 4.77. The van der Waals surface area contributed by atoms with Gasteiger partial charge in [0.15, 0.2) is 0 Å². The highest BCUT2D eigenvalue weighted by Crippen LogP contribution is 2.35. The zero-order chi connectivity index (χ0) is 23.7. The molecule has 0 bridgehead atoms. The lowest BCUT2D eigenvalue weighted by Gasteiger charge is -2.16. The van der Waals surface area contributed by atoms with Crippen molar-refractivity contribution in [2.45, 2.75) is 13.8 Å². The average molecular weight is 459 g/mol. The van der Waals surface area contributed by atoms with Crippen LogP contribution in [0.25, 0.3) is 22.4 Å². The molecule has 2 aromatic heterocycles. The van der Waals surface area contributed by atoms with Gasteiger partial charge in [0.25, 0.3) is 17.4 Å². The minimum absolute atomic E-state index is 0.0586. The molecule has 33 heavy (non-hydrogen) atoms. The van der Waals surface area contributed by atoms with Crippen LogP contribution in [0.2, 0.25) is 0 Å². The second kappa shape index (κ2) is 8.84.